The van der Waals surface area contributed by atoms with Gasteiger partial charge in [0.2, 0.25) is 0 Å². The Morgan fingerprint density at radius 1 is 1.57 bits per heavy atom. The van der Waals surface area contributed by atoms with Crippen molar-refractivity contribution in [2.75, 3.05) is 20.3 Å². The molecule has 0 saturated heterocycles. The molecule has 0 unspecified atom stereocenters. The average Bonchev–Trinajstić information content (AvgIpc) is 2.57. The summed E-state index contributed by atoms with van der Waals surface area (Å²) in [6, 6.07) is 6.21. The van der Waals surface area contributed by atoms with Crippen molar-refractivity contribution in [1.29, 1.82) is 0 Å². The zero-order valence-corrected chi connectivity index (χ0v) is 8.32. The fourth-order valence-electron chi connectivity index (χ4n) is 1.66. The van der Waals surface area contributed by atoms with E-state index in [1.54, 1.807) is 7.11 Å². The first-order valence-electron chi connectivity index (χ1n) is 4.81. The summed E-state index contributed by atoms with van der Waals surface area (Å²) >= 11 is 0. The number of fused-ring (bicyclic) bond motifs is 1. The summed E-state index contributed by atoms with van der Waals surface area (Å²) in [4.78, 5) is 0. The van der Waals surface area contributed by atoms with Gasteiger partial charge in [0, 0.05) is 12.7 Å². The molecule has 1 aliphatic heterocycles. The topological polar surface area (TPSA) is 44.5 Å². The molecule has 0 bridgehead atoms. The standard InChI is InChI=1S/C11H15NO2/c1-13-5-4-8-2-3-11-9(6-8)10(12)7-14-11/h2-3,6,10H,4-5,7,12H2,1H3/t10-/m1/s1. The number of hydrogen-bond acceptors (Lipinski definition) is 3. The number of hydrogen-bond donors (Lipinski definition) is 1. The first-order valence-corrected chi connectivity index (χ1v) is 4.81. The maximum absolute atomic E-state index is 5.89. The van der Waals surface area contributed by atoms with Gasteiger partial charge in [-0.15, -0.1) is 0 Å². The van der Waals surface area contributed by atoms with Crippen LogP contribution in [0.5, 0.6) is 5.75 Å². The molecule has 14 heavy (non-hydrogen) atoms. The van der Waals surface area contributed by atoms with Crippen molar-refractivity contribution in [2.45, 2.75) is 12.5 Å². The Kier molecular flexibility index (Phi) is 2.70. The van der Waals surface area contributed by atoms with Gasteiger partial charge in [-0.05, 0) is 18.1 Å². The fourth-order valence-corrected chi connectivity index (χ4v) is 1.66. The second-order valence-electron chi connectivity index (χ2n) is 3.53. The van der Waals surface area contributed by atoms with Gasteiger partial charge in [-0.25, -0.2) is 0 Å². The van der Waals surface area contributed by atoms with Crippen LogP contribution in [0.25, 0.3) is 0 Å². The summed E-state index contributed by atoms with van der Waals surface area (Å²) < 4.78 is 10.4. The number of benzene rings is 1. The lowest BCUT2D eigenvalue weighted by Crippen LogP contribution is -2.11. The maximum Gasteiger partial charge on any atom is 0.124 e. The Labute approximate surface area is 83.8 Å². The Morgan fingerprint density at radius 3 is 3.21 bits per heavy atom. The lowest BCUT2D eigenvalue weighted by molar-refractivity contribution is 0.202. The molecule has 76 valence electrons. The van der Waals surface area contributed by atoms with E-state index in [4.69, 9.17) is 15.2 Å². The smallest absolute Gasteiger partial charge is 0.124 e. The van der Waals surface area contributed by atoms with Gasteiger partial charge in [-0.3, -0.25) is 0 Å². The van der Waals surface area contributed by atoms with Gasteiger partial charge in [0.15, 0.2) is 0 Å². The van der Waals surface area contributed by atoms with E-state index in [0.717, 1.165) is 24.3 Å². The summed E-state index contributed by atoms with van der Waals surface area (Å²) in [6.07, 6.45) is 0.927. The summed E-state index contributed by atoms with van der Waals surface area (Å²) in [7, 11) is 1.71. The molecule has 0 spiro atoms. The molecule has 0 radical (unpaired) electrons. The maximum atomic E-state index is 5.89. The number of nitrogens with two attached hydrogens (primary N) is 1. The zero-order valence-electron chi connectivity index (χ0n) is 8.32. The predicted octanol–water partition coefficient (Wildman–Crippen LogP) is 1.27. The molecule has 0 saturated carbocycles. The normalized spacial score (nSPS) is 19.1. The van der Waals surface area contributed by atoms with Crippen LogP contribution in [-0.4, -0.2) is 20.3 Å². The largest absolute Gasteiger partial charge is 0.491 e. The van der Waals surface area contributed by atoms with Gasteiger partial charge >= 0.3 is 0 Å². The second-order valence-corrected chi connectivity index (χ2v) is 3.53. The molecule has 1 heterocycles. The lowest BCUT2D eigenvalue weighted by Gasteiger charge is -2.04. The molecule has 1 aromatic rings. The van der Waals surface area contributed by atoms with Crippen LogP contribution in [-0.2, 0) is 11.2 Å². The van der Waals surface area contributed by atoms with Gasteiger partial charge in [0.05, 0.1) is 12.6 Å². The van der Waals surface area contributed by atoms with Gasteiger partial charge in [0.25, 0.3) is 0 Å². The first-order chi connectivity index (χ1) is 6.81. The third-order valence-corrected chi connectivity index (χ3v) is 2.49. The van der Waals surface area contributed by atoms with Crippen molar-refractivity contribution in [3.8, 4) is 5.75 Å². The van der Waals surface area contributed by atoms with Crippen LogP contribution >= 0.6 is 0 Å². The third kappa shape index (κ3) is 1.74. The molecule has 1 aromatic carbocycles. The lowest BCUT2D eigenvalue weighted by atomic mass is 10.0. The Morgan fingerprint density at radius 2 is 2.43 bits per heavy atom. The van der Waals surface area contributed by atoms with Crippen molar-refractivity contribution in [3.63, 3.8) is 0 Å². The molecule has 0 amide bonds. The fraction of sp³-hybridized carbons (Fsp3) is 0.455. The van der Waals surface area contributed by atoms with Crippen LogP contribution in [0, 0.1) is 0 Å². The Bertz CT molecular complexity index is 325. The van der Waals surface area contributed by atoms with E-state index < -0.39 is 0 Å². The molecular weight excluding hydrogens is 178 g/mol. The van der Waals surface area contributed by atoms with Gasteiger partial charge in [-0.1, -0.05) is 12.1 Å². The minimum absolute atomic E-state index is 0.0347. The second kappa shape index (κ2) is 3.98. The van der Waals surface area contributed by atoms with Gasteiger partial charge in [0.1, 0.15) is 12.4 Å². The molecule has 0 aromatic heterocycles. The Balaban J connectivity index is 2.17. The average molecular weight is 193 g/mol. The van der Waals surface area contributed by atoms with Crippen molar-refractivity contribution < 1.29 is 9.47 Å². The van der Waals surface area contributed by atoms with E-state index in [1.165, 1.54) is 5.56 Å². The minimum atomic E-state index is 0.0347. The van der Waals surface area contributed by atoms with Gasteiger partial charge in [-0.2, -0.15) is 0 Å². The molecule has 3 nitrogen and oxygen atoms in total. The SMILES string of the molecule is COCCc1ccc2c(c1)[C@H](N)CO2. The first kappa shape index (κ1) is 9.49. The highest BCUT2D eigenvalue weighted by Gasteiger charge is 2.20. The van der Waals surface area contributed by atoms with Crippen LogP contribution in [0.3, 0.4) is 0 Å². The van der Waals surface area contributed by atoms with Crippen molar-refractivity contribution in [2.24, 2.45) is 5.73 Å². The zero-order chi connectivity index (χ0) is 9.97. The van der Waals surface area contributed by atoms with E-state index in [2.05, 4.69) is 12.1 Å². The third-order valence-electron chi connectivity index (χ3n) is 2.49. The molecular formula is C11H15NO2. The van der Waals surface area contributed by atoms with Crippen LogP contribution in [0.4, 0.5) is 0 Å². The molecule has 2 N–H and O–H groups in total. The molecule has 0 fully saturated rings. The molecule has 1 aliphatic rings. The van der Waals surface area contributed by atoms with E-state index in [9.17, 15) is 0 Å². The Hall–Kier alpha value is -1.06. The highest BCUT2D eigenvalue weighted by Crippen LogP contribution is 2.31. The summed E-state index contributed by atoms with van der Waals surface area (Å²) in [5.41, 5.74) is 8.27. The van der Waals surface area contributed by atoms with Gasteiger partial charge < -0.3 is 15.2 Å². The van der Waals surface area contributed by atoms with Crippen LogP contribution in [0.1, 0.15) is 17.2 Å². The summed E-state index contributed by atoms with van der Waals surface area (Å²) in [5, 5.41) is 0. The predicted molar refractivity (Wildman–Crippen MR) is 54.4 cm³/mol. The van der Waals surface area contributed by atoms with Crippen molar-refractivity contribution in [1.82, 2.24) is 0 Å². The van der Waals surface area contributed by atoms with E-state index in [-0.39, 0.29) is 6.04 Å². The van der Waals surface area contributed by atoms with Crippen LogP contribution in [0.15, 0.2) is 18.2 Å². The highest BCUT2D eigenvalue weighted by molar-refractivity contribution is 5.42. The molecule has 1 atom stereocenters. The minimum Gasteiger partial charge on any atom is -0.491 e. The number of ether oxygens (including phenoxy) is 2. The summed E-state index contributed by atoms with van der Waals surface area (Å²) in [6.45, 7) is 1.35. The quantitative estimate of drug-likeness (QED) is 0.786. The monoisotopic (exact) mass is 193 g/mol. The van der Waals surface area contributed by atoms with E-state index >= 15 is 0 Å². The number of rotatable bonds is 3. The summed E-state index contributed by atoms with van der Waals surface area (Å²) in [5.74, 6) is 0.929. The molecule has 2 rings (SSSR count). The number of methoxy groups -OCH3 is 1. The highest BCUT2D eigenvalue weighted by atomic mass is 16.5. The van der Waals surface area contributed by atoms with Crippen LogP contribution in [0.2, 0.25) is 0 Å². The molecule has 0 aliphatic carbocycles. The molecule has 3 heteroatoms. The van der Waals surface area contributed by atoms with Crippen molar-refractivity contribution >= 4 is 0 Å². The van der Waals surface area contributed by atoms with Crippen LogP contribution < -0.4 is 10.5 Å². The van der Waals surface area contributed by atoms with E-state index in [1.807, 2.05) is 6.07 Å². The van der Waals surface area contributed by atoms with E-state index in [0.29, 0.717) is 6.61 Å². The van der Waals surface area contributed by atoms with Crippen molar-refractivity contribution in [3.05, 3.63) is 29.3 Å².